The average molecular weight is 517 g/mol. The fourth-order valence-electron chi connectivity index (χ4n) is 4.17. The number of ether oxygens (including phenoxy) is 1. The number of carbonyl (C=O) groups excluding carboxylic acids is 2. The van der Waals surface area contributed by atoms with Crippen molar-refractivity contribution in [1.82, 2.24) is 10.2 Å². The van der Waals surface area contributed by atoms with Crippen molar-refractivity contribution >= 4 is 23.5 Å². The van der Waals surface area contributed by atoms with Gasteiger partial charge < -0.3 is 25.4 Å². The van der Waals surface area contributed by atoms with Gasteiger partial charge in [0.15, 0.2) is 0 Å². The van der Waals surface area contributed by atoms with Gasteiger partial charge in [0.1, 0.15) is 5.82 Å². The second-order valence-electron chi connectivity index (χ2n) is 8.56. The lowest BCUT2D eigenvalue weighted by Crippen LogP contribution is -2.48. The number of nitrogens with zero attached hydrogens (tertiary/aromatic N) is 2. The van der Waals surface area contributed by atoms with E-state index in [-0.39, 0.29) is 36.4 Å². The van der Waals surface area contributed by atoms with Gasteiger partial charge in [0, 0.05) is 36.5 Å². The van der Waals surface area contributed by atoms with Crippen LogP contribution in [0.2, 0.25) is 0 Å². The highest BCUT2D eigenvalue weighted by atomic mass is 19.1. The molecule has 0 fully saturated rings. The van der Waals surface area contributed by atoms with Crippen LogP contribution in [0.15, 0.2) is 60.7 Å². The molecule has 0 saturated heterocycles. The molecule has 38 heavy (non-hydrogen) atoms. The number of carboxylic acid groups (broad SMARTS) is 1. The van der Waals surface area contributed by atoms with E-state index in [2.05, 4.69) is 16.7 Å². The summed E-state index contributed by atoms with van der Waals surface area (Å²) in [6.45, 7) is 2.19. The summed E-state index contributed by atoms with van der Waals surface area (Å²) in [5.74, 6) is -2.57. The predicted octanol–water partition coefficient (Wildman–Crippen LogP) is 3.64. The van der Waals surface area contributed by atoms with Crippen molar-refractivity contribution in [3.05, 3.63) is 99.9 Å². The third-order valence-electron chi connectivity index (χ3n) is 6.15. The first-order valence-corrected chi connectivity index (χ1v) is 11.9. The molecule has 9 nitrogen and oxygen atoms in total. The number of carboxylic acids is 1. The Kier molecular flexibility index (Phi) is 7.99. The fraction of sp³-hybridized carbons (Fsp3) is 0.214. The zero-order valence-electron chi connectivity index (χ0n) is 20.5. The summed E-state index contributed by atoms with van der Waals surface area (Å²) >= 11 is 0. The van der Waals surface area contributed by atoms with Gasteiger partial charge in [-0.25, -0.2) is 9.18 Å². The number of hydrogen-bond acceptors (Lipinski definition) is 6. The van der Waals surface area contributed by atoms with Gasteiger partial charge >= 0.3 is 5.97 Å². The monoisotopic (exact) mass is 516 g/mol. The number of anilines is 1. The molecule has 3 N–H and O–H groups in total. The van der Waals surface area contributed by atoms with Gasteiger partial charge in [-0.15, -0.1) is 0 Å². The first kappa shape index (κ1) is 26.3. The lowest BCUT2D eigenvalue weighted by molar-refractivity contribution is -0.143. The molecule has 1 atom stereocenters. The summed E-state index contributed by atoms with van der Waals surface area (Å²) in [5, 5.41) is 24.4. The van der Waals surface area contributed by atoms with Gasteiger partial charge in [0.25, 0.3) is 11.8 Å². The Balaban J connectivity index is 1.47. The van der Waals surface area contributed by atoms with Crippen molar-refractivity contribution in [3.63, 3.8) is 0 Å². The number of benzene rings is 3. The van der Waals surface area contributed by atoms with Crippen LogP contribution in [0.5, 0.6) is 0 Å². The minimum absolute atomic E-state index is 0.0672. The SMILES string of the molecule is CCOC(C(=O)NCc1ccc(C#N)cc1NCc1ccc(C(=O)O)cc1)N1Cc2c(F)cccc2C1=O. The minimum atomic E-state index is -1.25. The number of rotatable bonds is 10. The molecule has 0 bridgehead atoms. The lowest BCUT2D eigenvalue weighted by Gasteiger charge is -2.26. The van der Waals surface area contributed by atoms with Crippen molar-refractivity contribution in [2.45, 2.75) is 32.8 Å². The van der Waals surface area contributed by atoms with Crippen molar-refractivity contribution in [3.8, 4) is 6.07 Å². The summed E-state index contributed by atoms with van der Waals surface area (Å²) in [6.07, 6.45) is -1.25. The molecule has 1 unspecified atom stereocenters. The molecule has 10 heteroatoms. The lowest BCUT2D eigenvalue weighted by atomic mass is 10.1. The van der Waals surface area contributed by atoms with Crippen LogP contribution < -0.4 is 10.6 Å². The molecule has 1 aliphatic rings. The zero-order valence-corrected chi connectivity index (χ0v) is 20.5. The van der Waals surface area contributed by atoms with Crippen LogP contribution in [0.3, 0.4) is 0 Å². The fourth-order valence-corrected chi connectivity index (χ4v) is 4.17. The summed E-state index contributed by atoms with van der Waals surface area (Å²) in [7, 11) is 0. The molecule has 0 aliphatic carbocycles. The summed E-state index contributed by atoms with van der Waals surface area (Å²) < 4.78 is 19.8. The topological polar surface area (TPSA) is 132 Å². The standard InChI is InChI=1S/C28H25FN4O5/c1-2-38-27(33-16-22-21(26(33)35)4-3-5-23(22)29)25(34)32-15-20-11-8-18(13-30)12-24(20)31-14-17-6-9-19(10-7-17)28(36)37/h3-12,27,31H,2,14-16H2,1H3,(H,32,34)(H,36,37). The van der Waals surface area contributed by atoms with Gasteiger partial charge in [-0.1, -0.05) is 24.3 Å². The minimum Gasteiger partial charge on any atom is -0.478 e. The Morgan fingerprint density at radius 3 is 2.58 bits per heavy atom. The van der Waals surface area contributed by atoms with Crippen LogP contribution in [-0.2, 0) is 29.2 Å². The largest absolute Gasteiger partial charge is 0.478 e. The normalized spacial score (nSPS) is 13.0. The highest BCUT2D eigenvalue weighted by Crippen LogP contribution is 2.27. The Morgan fingerprint density at radius 1 is 1.16 bits per heavy atom. The molecular weight excluding hydrogens is 491 g/mol. The Hall–Kier alpha value is -4.75. The van der Waals surface area contributed by atoms with Crippen LogP contribution >= 0.6 is 0 Å². The van der Waals surface area contributed by atoms with Crippen molar-refractivity contribution in [2.75, 3.05) is 11.9 Å². The Bertz CT molecular complexity index is 1420. The van der Waals surface area contributed by atoms with Gasteiger partial charge in [0.2, 0.25) is 6.23 Å². The molecular formula is C28H25FN4O5. The maximum Gasteiger partial charge on any atom is 0.335 e. The predicted molar refractivity (Wildman–Crippen MR) is 135 cm³/mol. The molecule has 2 amide bonds. The van der Waals surface area contributed by atoms with Crippen LogP contribution in [-0.4, -0.2) is 40.6 Å². The molecule has 0 saturated carbocycles. The third kappa shape index (κ3) is 5.63. The molecule has 1 heterocycles. The second-order valence-corrected chi connectivity index (χ2v) is 8.56. The first-order valence-electron chi connectivity index (χ1n) is 11.9. The van der Waals surface area contributed by atoms with E-state index < -0.39 is 29.8 Å². The number of hydrogen-bond donors (Lipinski definition) is 3. The van der Waals surface area contributed by atoms with Crippen molar-refractivity contribution in [2.24, 2.45) is 0 Å². The van der Waals surface area contributed by atoms with Crippen LogP contribution in [0.1, 0.15) is 49.9 Å². The molecule has 3 aromatic rings. The van der Waals surface area contributed by atoms with E-state index in [1.54, 1.807) is 37.3 Å². The van der Waals surface area contributed by atoms with Crippen molar-refractivity contribution in [1.29, 1.82) is 5.26 Å². The Labute approximate surface area is 218 Å². The van der Waals surface area contributed by atoms with Gasteiger partial charge in [-0.05, 0) is 54.4 Å². The number of nitriles is 1. The molecule has 194 valence electrons. The smallest absolute Gasteiger partial charge is 0.335 e. The Morgan fingerprint density at radius 2 is 1.92 bits per heavy atom. The van der Waals surface area contributed by atoms with E-state index in [0.717, 1.165) is 5.56 Å². The highest BCUT2D eigenvalue weighted by Gasteiger charge is 2.38. The number of fused-ring (bicyclic) bond motifs is 1. The summed E-state index contributed by atoms with van der Waals surface area (Å²) in [4.78, 5) is 38.3. The van der Waals surface area contributed by atoms with E-state index in [1.807, 2.05) is 0 Å². The molecule has 4 rings (SSSR count). The number of carbonyl (C=O) groups is 3. The van der Waals surface area contributed by atoms with Crippen LogP contribution in [0.25, 0.3) is 0 Å². The van der Waals surface area contributed by atoms with Crippen LogP contribution in [0.4, 0.5) is 10.1 Å². The molecule has 3 aromatic carbocycles. The maximum atomic E-state index is 14.2. The van der Waals surface area contributed by atoms with E-state index in [1.165, 1.54) is 35.2 Å². The van der Waals surface area contributed by atoms with Gasteiger partial charge in [0.05, 0.1) is 23.7 Å². The number of amides is 2. The first-order chi connectivity index (χ1) is 18.3. The number of nitrogens with one attached hydrogen (secondary N) is 2. The molecule has 0 aromatic heterocycles. The van der Waals surface area contributed by atoms with E-state index in [4.69, 9.17) is 9.84 Å². The number of halogens is 1. The molecule has 0 spiro atoms. The van der Waals surface area contributed by atoms with E-state index >= 15 is 0 Å². The highest BCUT2D eigenvalue weighted by molar-refractivity contribution is 6.00. The molecule has 0 radical (unpaired) electrons. The average Bonchev–Trinajstić information content (AvgIpc) is 3.26. The van der Waals surface area contributed by atoms with Gasteiger partial charge in [-0.2, -0.15) is 5.26 Å². The quantitative estimate of drug-likeness (QED) is 0.375. The van der Waals surface area contributed by atoms with E-state index in [9.17, 15) is 24.0 Å². The second kappa shape index (κ2) is 11.5. The van der Waals surface area contributed by atoms with Crippen molar-refractivity contribution < 1.29 is 28.6 Å². The zero-order chi connectivity index (χ0) is 27.2. The maximum absolute atomic E-state index is 14.2. The third-order valence-corrected chi connectivity index (χ3v) is 6.15. The molecule has 1 aliphatic heterocycles. The summed E-state index contributed by atoms with van der Waals surface area (Å²) in [5.41, 5.74) is 3.13. The van der Waals surface area contributed by atoms with Crippen LogP contribution in [0, 0.1) is 17.1 Å². The number of aromatic carboxylic acids is 1. The summed E-state index contributed by atoms with van der Waals surface area (Å²) in [6, 6.07) is 17.7. The van der Waals surface area contributed by atoms with Gasteiger partial charge in [-0.3, -0.25) is 9.59 Å². The van der Waals surface area contributed by atoms with E-state index in [0.29, 0.717) is 23.4 Å².